The number of nitrogens with one attached hydrogen (secondary N) is 1. The quantitative estimate of drug-likeness (QED) is 0.613. The zero-order valence-corrected chi connectivity index (χ0v) is 13.5. The van der Waals surface area contributed by atoms with Crippen LogP contribution in [-0.4, -0.2) is 36.6 Å². The molecule has 0 radical (unpaired) electrons. The summed E-state index contributed by atoms with van der Waals surface area (Å²) < 4.78 is 10.5. The van der Waals surface area contributed by atoms with Gasteiger partial charge in [0.25, 0.3) is 0 Å². The fraction of sp³-hybridized carbons (Fsp3) is 0.500. The monoisotopic (exact) mass is 319 g/mol. The summed E-state index contributed by atoms with van der Waals surface area (Å²) in [5.74, 6) is -0.784. The van der Waals surface area contributed by atoms with Gasteiger partial charge >= 0.3 is 13.1 Å². The summed E-state index contributed by atoms with van der Waals surface area (Å²) >= 11 is 0. The second-order valence-corrected chi connectivity index (χ2v) is 5.50. The van der Waals surface area contributed by atoms with Crippen LogP contribution in [0, 0.1) is 0 Å². The molecule has 1 aromatic rings. The number of rotatable bonds is 6. The van der Waals surface area contributed by atoms with E-state index in [1.807, 2.05) is 13.0 Å². The number of fused-ring (bicyclic) bond motifs is 1. The Morgan fingerprint density at radius 1 is 1.43 bits per heavy atom. The number of hydrogen-bond donors (Lipinski definition) is 2. The van der Waals surface area contributed by atoms with E-state index in [1.165, 1.54) is 0 Å². The van der Waals surface area contributed by atoms with E-state index in [9.17, 15) is 14.6 Å². The average molecular weight is 319 g/mol. The van der Waals surface area contributed by atoms with E-state index >= 15 is 0 Å². The largest absolute Gasteiger partial charge is 0.547 e. The molecule has 0 spiro atoms. The van der Waals surface area contributed by atoms with Crippen LogP contribution in [-0.2, 0) is 16.0 Å². The van der Waals surface area contributed by atoms with Crippen LogP contribution >= 0.6 is 0 Å². The standard InChI is InChI=1S/C16H22BNO5/c1-3-5-9-14(19)18-13-10-11-7-6-8-12(16(20)22-4-2)15(11)23-17(13)21/h6-8,13,21H,3-5,9-10H2,1-2H3,(H,18,19)/t13-/m0/s1. The van der Waals surface area contributed by atoms with E-state index in [0.29, 0.717) is 24.2 Å². The minimum atomic E-state index is -1.19. The topological polar surface area (TPSA) is 84.9 Å². The Kier molecular flexibility index (Phi) is 6.04. The summed E-state index contributed by atoms with van der Waals surface area (Å²) in [4.78, 5) is 23.8. The van der Waals surface area contributed by atoms with Crippen LogP contribution in [0.25, 0.3) is 0 Å². The highest BCUT2D eigenvalue weighted by Crippen LogP contribution is 2.30. The van der Waals surface area contributed by atoms with Crippen LogP contribution in [0.1, 0.15) is 49.0 Å². The first-order valence-corrected chi connectivity index (χ1v) is 7.99. The first-order valence-electron chi connectivity index (χ1n) is 7.99. The summed E-state index contributed by atoms with van der Waals surface area (Å²) in [5, 5.41) is 12.9. The van der Waals surface area contributed by atoms with Gasteiger partial charge in [-0.3, -0.25) is 4.79 Å². The highest BCUT2D eigenvalue weighted by molar-refractivity contribution is 6.47. The van der Waals surface area contributed by atoms with Gasteiger partial charge in [-0.15, -0.1) is 0 Å². The third kappa shape index (κ3) is 4.25. The van der Waals surface area contributed by atoms with Crippen molar-refractivity contribution in [1.82, 2.24) is 5.32 Å². The van der Waals surface area contributed by atoms with Crippen LogP contribution in [0.15, 0.2) is 18.2 Å². The Balaban J connectivity index is 2.12. The Labute approximate surface area is 136 Å². The zero-order chi connectivity index (χ0) is 16.8. The Bertz CT molecular complexity index is 578. The second-order valence-electron chi connectivity index (χ2n) is 5.50. The van der Waals surface area contributed by atoms with Gasteiger partial charge in [0.05, 0.1) is 12.5 Å². The predicted molar refractivity (Wildman–Crippen MR) is 86.2 cm³/mol. The van der Waals surface area contributed by atoms with E-state index in [2.05, 4.69) is 5.32 Å². The highest BCUT2D eigenvalue weighted by Gasteiger charge is 2.37. The van der Waals surface area contributed by atoms with Crippen LogP contribution in [0.2, 0.25) is 0 Å². The van der Waals surface area contributed by atoms with Crippen molar-refractivity contribution in [2.24, 2.45) is 0 Å². The molecule has 0 aromatic heterocycles. The van der Waals surface area contributed by atoms with Gasteiger partial charge in [0.15, 0.2) is 0 Å². The lowest BCUT2D eigenvalue weighted by molar-refractivity contribution is -0.121. The van der Waals surface area contributed by atoms with Crippen molar-refractivity contribution in [2.75, 3.05) is 6.61 Å². The molecular weight excluding hydrogens is 297 g/mol. The number of ether oxygens (including phenoxy) is 1. The fourth-order valence-corrected chi connectivity index (χ4v) is 2.53. The van der Waals surface area contributed by atoms with E-state index in [0.717, 1.165) is 18.4 Å². The van der Waals surface area contributed by atoms with Crippen molar-refractivity contribution in [3.63, 3.8) is 0 Å². The van der Waals surface area contributed by atoms with Gasteiger partial charge in [-0.25, -0.2) is 4.79 Å². The zero-order valence-electron chi connectivity index (χ0n) is 13.5. The highest BCUT2D eigenvalue weighted by atomic mass is 16.5. The third-order valence-electron chi connectivity index (χ3n) is 3.72. The van der Waals surface area contributed by atoms with E-state index in [4.69, 9.17) is 9.39 Å². The van der Waals surface area contributed by atoms with Crippen LogP contribution in [0.5, 0.6) is 5.75 Å². The molecule has 0 bridgehead atoms. The number of para-hydroxylation sites is 1. The maximum absolute atomic E-state index is 11.9. The molecule has 1 atom stereocenters. The summed E-state index contributed by atoms with van der Waals surface area (Å²) in [7, 11) is -1.19. The minimum Gasteiger partial charge on any atom is -0.534 e. The van der Waals surface area contributed by atoms with Crippen molar-refractivity contribution in [1.29, 1.82) is 0 Å². The molecule has 2 rings (SSSR count). The molecule has 124 valence electrons. The predicted octanol–water partition coefficient (Wildman–Crippen LogP) is 1.49. The van der Waals surface area contributed by atoms with Crippen LogP contribution < -0.4 is 9.97 Å². The molecule has 0 aliphatic carbocycles. The summed E-state index contributed by atoms with van der Waals surface area (Å²) in [6, 6.07) is 5.15. The lowest BCUT2D eigenvalue weighted by Crippen LogP contribution is -2.53. The molecule has 1 aliphatic heterocycles. The molecule has 0 saturated heterocycles. The molecule has 23 heavy (non-hydrogen) atoms. The molecule has 0 fully saturated rings. The average Bonchev–Trinajstić information content (AvgIpc) is 2.53. The molecule has 1 heterocycles. The van der Waals surface area contributed by atoms with Gasteiger partial charge in [0.2, 0.25) is 5.91 Å². The molecule has 2 N–H and O–H groups in total. The fourth-order valence-electron chi connectivity index (χ4n) is 2.53. The smallest absolute Gasteiger partial charge is 0.534 e. The van der Waals surface area contributed by atoms with E-state index in [1.54, 1.807) is 19.1 Å². The van der Waals surface area contributed by atoms with Crippen molar-refractivity contribution in [2.45, 2.75) is 45.5 Å². The third-order valence-corrected chi connectivity index (χ3v) is 3.72. The number of benzene rings is 1. The van der Waals surface area contributed by atoms with Crippen molar-refractivity contribution in [3.05, 3.63) is 29.3 Å². The number of carbonyl (C=O) groups excluding carboxylic acids is 2. The molecule has 1 aromatic carbocycles. The molecule has 7 heteroatoms. The molecule has 0 saturated carbocycles. The summed E-state index contributed by atoms with van der Waals surface area (Å²) in [6.45, 7) is 4.00. The minimum absolute atomic E-state index is 0.107. The maximum atomic E-state index is 11.9. The van der Waals surface area contributed by atoms with Gasteiger partial charge in [0.1, 0.15) is 11.3 Å². The maximum Gasteiger partial charge on any atom is 0.547 e. The van der Waals surface area contributed by atoms with E-state index < -0.39 is 19.0 Å². The van der Waals surface area contributed by atoms with Gasteiger partial charge in [-0.1, -0.05) is 25.5 Å². The number of carbonyl (C=O) groups is 2. The molecule has 1 amide bonds. The van der Waals surface area contributed by atoms with Crippen LogP contribution in [0.4, 0.5) is 0 Å². The van der Waals surface area contributed by atoms with Crippen molar-refractivity contribution in [3.8, 4) is 5.75 Å². The van der Waals surface area contributed by atoms with Crippen molar-refractivity contribution >= 4 is 19.0 Å². The Hall–Kier alpha value is -2.02. The van der Waals surface area contributed by atoms with Gasteiger partial charge < -0.3 is 19.7 Å². The van der Waals surface area contributed by atoms with Crippen LogP contribution in [0.3, 0.4) is 0 Å². The lowest BCUT2D eigenvalue weighted by Gasteiger charge is -2.29. The second kappa shape index (κ2) is 8.01. The molecule has 6 nitrogen and oxygen atoms in total. The Morgan fingerprint density at radius 2 is 2.22 bits per heavy atom. The number of amides is 1. The lowest BCUT2D eigenvalue weighted by atomic mass is 9.72. The SMILES string of the molecule is CCCCC(=O)N[C@H]1Cc2cccc(C(=O)OCC)c2OB1O. The number of esters is 1. The normalized spacial score (nSPS) is 16.3. The Morgan fingerprint density at radius 3 is 2.91 bits per heavy atom. The molecule has 1 aliphatic rings. The van der Waals surface area contributed by atoms with Gasteiger partial charge in [-0.05, 0) is 31.4 Å². The summed E-state index contributed by atoms with van der Waals surface area (Å²) in [5.41, 5.74) is 1.06. The first-order chi connectivity index (χ1) is 11.1. The number of unbranched alkanes of at least 4 members (excludes halogenated alkanes) is 1. The van der Waals surface area contributed by atoms with Gasteiger partial charge in [-0.2, -0.15) is 0 Å². The van der Waals surface area contributed by atoms with Gasteiger partial charge in [0, 0.05) is 6.42 Å². The molecule has 0 unspecified atom stereocenters. The number of hydrogen-bond acceptors (Lipinski definition) is 5. The van der Waals surface area contributed by atoms with E-state index in [-0.39, 0.29) is 12.5 Å². The summed E-state index contributed by atoms with van der Waals surface area (Å²) in [6.07, 6.45) is 2.57. The van der Waals surface area contributed by atoms with Crippen molar-refractivity contribution < 1.29 is 24.0 Å². The first kappa shape index (κ1) is 17.3. The molecular formula is C16H22BNO5.